The van der Waals surface area contributed by atoms with Crippen molar-refractivity contribution in [3.63, 3.8) is 0 Å². The minimum atomic E-state index is -0.123. The van der Waals surface area contributed by atoms with E-state index in [-0.39, 0.29) is 23.9 Å². The molecule has 2 unspecified atom stereocenters. The molecule has 3 rings (SSSR count). The molecule has 3 nitrogen and oxygen atoms in total. The van der Waals surface area contributed by atoms with E-state index >= 15 is 0 Å². The highest BCUT2D eigenvalue weighted by molar-refractivity contribution is 9.10. The summed E-state index contributed by atoms with van der Waals surface area (Å²) >= 11 is 3.49. The Morgan fingerprint density at radius 2 is 2.04 bits per heavy atom. The van der Waals surface area contributed by atoms with Crippen LogP contribution in [-0.4, -0.2) is 19.0 Å². The Morgan fingerprint density at radius 1 is 1.33 bits per heavy atom. The molecule has 0 bridgehead atoms. The van der Waals surface area contributed by atoms with Gasteiger partial charge in [0.25, 0.3) is 0 Å². The van der Waals surface area contributed by atoms with Gasteiger partial charge in [-0.25, -0.2) is 0 Å². The Morgan fingerprint density at radius 3 is 2.58 bits per heavy atom. The monoisotopic (exact) mass is 414 g/mol. The van der Waals surface area contributed by atoms with Crippen molar-refractivity contribution in [1.82, 2.24) is 10.6 Å². The van der Waals surface area contributed by atoms with Crippen LogP contribution in [0.25, 0.3) is 0 Å². The van der Waals surface area contributed by atoms with Crippen LogP contribution in [0.5, 0.6) is 0 Å². The highest BCUT2D eigenvalue weighted by Crippen LogP contribution is 2.41. The van der Waals surface area contributed by atoms with Crippen molar-refractivity contribution < 1.29 is 4.79 Å². The Labute approximate surface area is 159 Å². The van der Waals surface area contributed by atoms with Gasteiger partial charge in [0, 0.05) is 10.9 Å². The molecule has 2 fully saturated rings. The van der Waals surface area contributed by atoms with Crippen molar-refractivity contribution >= 4 is 34.2 Å². The standard InChI is InChI=1S/C19H27BrN2O.ClH/c1-14(15-4-2-11-21-13-15)12-18(23)22-19(9-3-10-19)16-5-7-17(20)8-6-16;/h5-8,14-15,21H,2-4,9-13H2,1H3,(H,22,23);1H. The second-order valence-electron chi connectivity index (χ2n) is 7.28. The molecule has 5 heteroatoms. The zero-order chi connectivity index (χ0) is 16.3. The molecule has 2 atom stereocenters. The number of benzene rings is 1. The maximum absolute atomic E-state index is 12.6. The molecule has 24 heavy (non-hydrogen) atoms. The summed E-state index contributed by atoms with van der Waals surface area (Å²) in [6.07, 6.45) is 6.43. The van der Waals surface area contributed by atoms with E-state index in [2.05, 4.69) is 57.8 Å². The Balaban J connectivity index is 0.00000208. The molecule has 0 radical (unpaired) electrons. The molecule has 0 spiro atoms. The summed E-state index contributed by atoms with van der Waals surface area (Å²) in [6, 6.07) is 8.41. The number of halogens is 2. The van der Waals surface area contributed by atoms with Crippen LogP contribution in [0.15, 0.2) is 28.7 Å². The lowest BCUT2D eigenvalue weighted by molar-refractivity contribution is -0.125. The summed E-state index contributed by atoms with van der Waals surface area (Å²) < 4.78 is 1.08. The third kappa shape index (κ3) is 4.53. The van der Waals surface area contributed by atoms with Crippen LogP contribution in [-0.2, 0) is 10.3 Å². The van der Waals surface area contributed by atoms with Gasteiger partial charge in [0.2, 0.25) is 5.91 Å². The van der Waals surface area contributed by atoms with Gasteiger partial charge in [-0.3, -0.25) is 4.79 Å². The van der Waals surface area contributed by atoms with E-state index in [9.17, 15) is 4.79 Å². The minimum absolute atomic E-state index is 0. The van der Waals surface area contributed by atoms with Gasteiger partial charge in [-0.2, -0.15) is 0 Å². The second kappa shape index (κ2) is 8.68. The molecule has 1 aromatic rings. The summed E-state index contributed by atoms with van der Waals surface area (Å²) in [7, 11) is 0. The molecule has 2 aliphatic rings. The second-order valence-corrected chi connectivity index (χ2v) is 8.19. The number of carbonyl (C=O) groups excluding carboxylic acids is 1. The predicted molar refractivity (Wildman–Crippen MR) is 104 cm³/mol. The first-order valence-corrected chi connectivity index (χ1v) is 9.66. The minimum Gasteiger partial charge on any atom is -0.347 e. The number of carbonyl (C=O) groups is 1. The summed E-state index contributed by atoms with van der Waals surface area (Å²) in [5.41, 5.74) is 1.12. The van der Waals surface area contributed by atoms with Gasteiger partial charge in [-0.1, -0.05) is 35.0 Å². The molecule has 1 amide bonds. The molecular formula is C19H28BrClN2O. The summed E-state index contributed by atoms with van der Waals surface area (Å²) in [5, 5.41) is 6.82. The van der Waals surface area contributed by atoms with Crippen LogP contribution in [0.1, 0.15) is 51.0 Å². The quantitative estimate of drug-likeness (QED) is 0.748. The van der Waals surface area contributed by atoms with Gasteiger partial charge in [0.15, 0.2) is 0 Å². The summed E-state index contributed by atoms with van der Waals surface area (Å²) in [4.78, 5) is 12.6. The molecule has 1 saturated heterocycles. The third-order valence-electron chi connectivity index (χ3n) is 5.63. The van der Waals surface area contributed by atoms with Crippen molar-refractivity contribution in [2.75, 3.05) is 13.1 Å². The van der Waals surface area contributed by atoms with Gasteiger partial charge < -0.3 is 10.6 Å². The van der Waals surface area contributed by atoms with E-state index in [1.807, 2.05) is 0 Å². The SMILES string of the molecule is CC(CC(=O)NC1(c2ccc(Br)cc2)CCC1)C1CCCNC1.Cl. The molecule has 1 aliphatic heterocycles. The summed E-state index contributed by atoms with van der Waals surface area (Å²) in [5.74, 6) is 1.30. The Kier molecular flexibility index (Phi) is 7.14. The van der Waals surface area contributed by atoms with Crippen LogP contribution >= 0.6 is 28.3 Å². The molecule has 0 aromatic heterocycles. The van der Waals surface area contributed by atoms with Gasteiger partial charge in [0.1, 0.15) is 0 Å². The molecule has 1 aliphatic carbocycles. The molecule has 2 N–H and O–H groups in total. The van der Waals surface area contributed by atoms with Crippen molar-refractivity contribution in [1.29, 1.82) is 0 Å². The zero-order valence-corrected chi connectivity index (χ0v) is 16.7. The van der Waals surface area contributed by atoms with Crippen LogP contribution in [0.4, 0.5) is 0 Å². The van der Waals surface area contributed by atoms with E-state index in [1.165, 1.54) is 24.8 Å². The molecule has 1 aromatic carbocycles. The summed E-state index contributed by atoms with van der Waals surface area (Å²) in [6.45, 7) is 4.42. The maximum Gasteiger partial charge on any atom is 0.220 e. The Hall–Kier alpha value is -0.580. The fourth-order valence-electron chi connectivity index (χ4n) is 3.93. The van der Waals surface area contributed by atoms with E-state index in [0.717, 1.165) is 30.4 Å². The average Bonchev–Trinajstić information content (AvgIpc) is 2.53. The Bertz CT molecular complexity index is 539. The normalized spacial score (nSPS) is 23.5. The number of rotatable bonds is 5. The van der Waals surface area contributed by atoms with Crippen molar-refractivity contribution in [2.24, 2.45) is 11.8 Å². The fourth-order valence-corrected chi connectivity index (χ4v) is 4.19. The molecule has 1 saturated carbocycles. The molecular weight excluding hydrogens is 388 g/mol. The van der Waals surface area contributed by atoms with Crippen LogP contribution in [0, 0.1) is 11.8 Å². The number of amides is 1. The lowest BCUT2D eigenvalue weighted by atomic mass is 9.71. The lowest BCUT2D eigenvalue weighted by Gasteiger charge is -2.43. The average molecular weight is 416 g/mol. The van der Waals surface area contributed by atoms with Gasteiger partial charge in [-0.15, -0.1) is 12.4 Å². The van der Waals surface area contributed by atoms with Gasteiger partial charge in [-0.05, 0) is 74.7 Å². The highest BCUT2D eigenvalue weighted by Gasteiger charge is 2.40. The van der Waals surface area contributed by atoms with Gasteiger partial charge in [0.05, 0.1) is 5.54 Å². The molecule has 134 valence electrons. The van der Waals surface area contributed by atoms with E-state index in [0.29, 0.717) is 18.3 Å². The van der Waals surface area contributed by atoms with Crippen LogP contribution in [0.2, 0.25) is 0 Å². The first-order chi connectivity index (χ1) is 11.1. The van der Waals surface area contributed by atoms with Crippen LogP contribution < -0.4 is 10.6 Å². The third-order valence-corrected chi connectivity index (χ3v) is 6.16. The van der Waals surface area contributed by atoms with E-state index in [1.54, 1.807) is 0 Å². The van der Waals surface area contributed by atoms with Crippen molar-refractivity contribution in [3.05, 3.63) is 34.3 Å². The topological polar surface area (TPSA) is 41.1 Å². The van der Waals surface area contributed by atoms with Gasteiger partial charge >= 0.3 is 0 Å². The van der Waals surface area contributed by atoms with Crippen molar-refractivity contribution in [3.8, 4) is 0 Å². The predicted octanol–water partition coefficient (Wildman–Crippen LogP) is 4.39. The van der Waals surface area contributed by atoms with E-state index in [4.69, 9.17) is 0 Å². The number of nitrogens with one attached hydrogen (secondary N) is 2. The maximum atomic E-state index is 12.6. The fraction of sp³-hybridized carbons (Fsp3) is 0.632. The first-order valence-electron chi connectivity index (χ1n) is 8.87. The highest BCUT2D eigenvalue weighted by atomic mass is 79.9. The van der Waals surface area contributed by atoms with Crippen molar-refractivity contribution in [2.45, 2.75) is 51.0 Å². The first kappa shape index (κ1) is 19.7. The van der Waals surface area contributed by atoms with E-state index < -0.39 is 0 Å². The largest absolute Gasteiger partial charge is 0.347 e. The smallest absolute Gasteiger partial charge is 0.220 e. The van der Waals surface area contributed by atoms with Crippen LogP contribution in [0.3, 0.4) is 0 Å². The molecule has 1 heterocycles. The lowest BCUT2D eigenvalue weighted by Crippen LogP contribution is -2.51. The number of hydrogen-bond acceptors (Lipinski definition) is 2. The number of hydrogen-bond donors (Lipinski definition) is 2. The zero-order valence-electron chi connectivity index (χ0n) is 14.3. The number of piperidine rings is 1.